The van der Waals surface area contributed by atoms with Crippen molar-refractivity contribution in [1.82, 2.24) is 0 Å². The highest BCUT2D eigenvalue weighted by Crippen LogP contribution is 2.64. The Morgan fingerprint density at radius 1 is 1.24 bits per heavy atom. The molecule has 0 bridgehead atoms. The fourth-order valence-electron chi connectivity index (χ4n) is 7.02. The molecule has 33 heavy (non-hydrogen) atoms. The lowest BCUT2D eigenvalue weighted by molar-refractivity contribution is -0.307. The Balaban J connectivity index is 1.38. The van der Waals surface area contributed by atoms with E-state index in [-0.39, 0.29) is 35.7 Å². The van der Waals surface area contributed by atoms with Crippen LogP contribution in [0.15, 0.2) is 52.5 Å². The summed E-state index contributed by atoms with van der Waals surface area (Å²) in [4.78, 5) is 12.0. The van der Waals surface area contributed by atoms with E-state index in [9.17, 15) is 9.90 Å². The summed E-state index contributed by atoms with van der Waals surface area (Å²) in [6.45, 7) is 9.86. The molecule has 178 valence electrons. The van der Waals surface area contributed by atoms with Gasteiger partial charge in [0, 0.05) is 15.5 Å². The van der Waals surface area contributed by atoms with E-state index >= 15 is 0 Å². The molecule has 1 N–H and O–H groups in total. The van der Waals surface area contributed by atoms with E-state index in [2.05, 4.69) is 42.4 Å². The van der Waals surface area contributed by atoms with Crippen molar-refractivity contribution >= 4 is 21.9 Å². The van der Waals surface area contributed by atoms with Crippen LogP contribution in [0.3, 0.4) is 0 Å². The Hall–Kier alpha value is -1.47. The molecule has 1 aromatic carbocycles. The first-order valence-electron chi connectivity index (χ1n) is 12.0. The van der Waals surface area contributed by atoms with Crippen LogP contribution >= 0.6 is 15.9 Å². The Kier molecular flexibility index (Phi) is 6.09. The Bertz CT molecular complexity index is 988. The zero-order valence-corrected chi connectivity index (χ0v) is 21.0. The lowest BCUT2D eigenvalue weighted by Crippen LogP contribution is -2.60. The minimum atomic E-state index is -0.819. The highest BCUT2D eigenvalue weighted by atomic mass is 79.9. The van der Waals surface area contributed by atoms with Crippen molar-refractivity contribution in [1.29, 1.82) is 0 Å². The van der Waals surface area contributed by atoms with Crippen LogP contribution in [-0.4, -0.2) is 36.5 Å². The van der Waals surface area contributed by atoms with E-state index in [0.717, 1.165) is 35.7 Å². The Morgan fingerprint density at radius 2 is 2.03 bits per heavy atom. The summed E-state index contributed by atoms with van der Waals surface area (Å²) in [7, 11) is 0. The van der Waals surface area contributed by atoms with Crippen molar-refractivity contribution in [3.05, 3.63) is 58.1 Å². The van der Waals surface area contributed by atoms with Crippen LogP contribution in [-0.2, 0) is 19.0 Å². The first-order chi connectivity index (χ1) is 15.7. The number of carbonyl (C=O) groups is 1. The van der Waals surface area contributed by atoms with Crippen LogP contribution in [0.5, 0.6) is 0 Å². The maximum Gasteiger partial charge on any atom is 0.336 e. The molecular formula is C27H33BrO5. The maximum absolute atomic E-state index is 12.0. The van der Waals surface area contributed by atoms with Crippen molar-refractivity contribution in [2.24, 2.45) is 22.7 Å². The van der Waals surface area contributed by atoms with Crippen LogP contribution in [0.1, 0.15) is 57.8 Å². The van der Waals surface area contributed by atoms with Gasteiger partial charge in [0.25, 0.3) is 0 Å². The minimum absolute atomic E-state index is 0.0397. The van der Waals surface area contributed by atoms with Gasteiger partial charge in [-0.2, -0.15) is 0 Å². The zero-order valence-electron chi connectivity index (χ0n) is 19.4. The second kappa shape index (κ2) is 8.63. The van der Waals surface area contributed by atoms with Crippen LogP contribution in [0, 0.1) is 22.7 Å². The molecule has 0 amide bonds. The van der Waals surface area contributed by atoms with Gasteiger partial charge in [-0.25, -0.2) is 4.79 Å². The van der Waals surface area contributed by atoms with Gasteiger partial charge in [-0.05, 0) is 55.4 Å². The third-order valence-electron chi connectivity index (χ3n) is 8.85. The number of aliphatic hydroxyl groups is 1. The van der Waals surface area contributed by atoms with Crippen LogP contribution in [0.4, 0.5) is 0 Å². The predicted octanol–water partition coefficient (Wildman–Crippen LogP) is 5.49. The maximum atomic E-state index is 12.0. The van der Waals surface area contributed by atoms with Crippen molar-refractivity contribution in [2.45, 2.75) is 64.4 Å². The molecule has 2 aliphatic carbocycles. The van der Waals surface area contributed by atoms with Crippen molar-refractivity contribution < 1.29 is 24.1 Å². The van der Waals surface area contributed by atoms with Gasteiger partial charge in [-0.15, -0.1) is 0 Å². The van der Waals surface area contributed by atoms with Crippen LogP contribution in [0.2, 0.25) is 0 Å². The number of hydrogen-bond donors (Lipinski definition) is 1. The molecule has 4 aliphatic rings. The number of benzene rings is 1. The van der Waals surface area contributed by atoms with Crippen LogP contribution < -0.4 is 0 Å². The quantitative estimate of drug-likeness (QED) is 0.327. The summed E-state index contributed by atoms with van der Waals surface area (Å²) < 4.78 is 19.0. The summed E-state index contributed by atoms with van der Waals surface area (Å²) in [5.74, 6) is 0.287. The monoisotopic (exact) mass is 516 g/mol. The van der Waals surface area contributed by atoms with E-state index in [1.165, 1.54) is 5.57 Å². The van der Waals surface area contributed by atoms with Gasteiger partial charge < -0.3 is 19.3 Å². The van der Waals surface area contributed by atoms with Crippen LogP contribution in [0.25, 0.3) is 0 Å². The molecular weight excluding hydrogens is 484 g/mol. The molecule has 5 nitrogen and oxygen atoms in total. The number of hydrogen-bond acceptors (Lipinski definition) is 5. The molecule has 6 heteroatoms. The van der Waals surface area contributed by atoms with Gasteiger partial charge in [0.1, 0.15) is 12.7 Å². The standard InChI is InChI=1S/C27H33BrO5/c1-16-8-11-22-26(2,19(16)10-9-18-21(29)14-31-24(18)30)13-12-23-27(22,3)15-32-25(33-23)17-6-4-5-7-20(17)28/h4-7,9,19,21-23,25,29H,1,8,10-15H2,2-3H3/b18-9+/t19-,21-,22+,23?,25?,26+,27+/m1/s1. The number of allylic oxidation sites excluding steroid dienone is 2. The van der Waals surface area contributed by atoms with E-state index < -0.39 is 12.1 Å². The average molecular weight is 517 g/mol. The van der Waals surface area contributed by atoms with E-state index in [1.807, 2.05) is 24.3 Å². The van der Waals surface area contributed by atoms with Crippen molar-refractivity contribution in [3.63, 3.8) is 0 Å². The fraction of sp³-hybridized carbons (Fsp3) is 0.593. The molecule has 2 heterocycles. The normalized spacial score (nSPS) is 42.1. The largest absolute Gasteiger partial charge is 0.459 e. The van der Waals surface area contributed by atoms with Gasteiger partial charge in [0.2, 0.25) is 0 Å². The van der Waals surface area contributed by atoms with Gasteiger partial charge >= 0.3 is 5.97 Å². The number of halogens is 1. The molecule has 4 fully saturated rings. The second-order valence-electron chi connectivity index (χ2n) is 10.7. The van der Waals surface area contributed by atoms with Gasteiger partial charge in [0.05, 0.1) is 18.3 Å². The topological polar surface area (TPSA) is 65.0 Å². The number of aliphatic hydroxyl groups excluding tert-OH is 1. The first-order valence-corrected chi connectivity index (χ1v) is 12.8. The van der Waals surface area contributed by atoms with Gasteiger partial charge in [0.15, 0.2) is 6.29 Å². The molecule has 2 saturated heterocycles. The number of cyclic esters (lactones) is 1. The van der Waals surface area contributed by atoms with E-state index in [1.54, 1.807) is 0 Å². The lowest BCUT2D eigenvalue weighted by atomic mass is 9.46. The predicted molar refractivity (Wildman–Crippen MR) is 128 cm³/mol. The number of esters is 1. The third-order valence-corrected chi connectivity index (χ3v) is 9.57. The highest BCUT2D eigenvalue weighted by molar-refractivity contribution is 9.10. The number of ether oxygens (including phenoxy) is 3. The van der Waals surface area contributed by atoms with E-state index in [0.29, 0.717) is 24.5 Å². The molecule has 2 aliphatic heterocycles. The van der Waals surface area contributed by atoms with Gasteiger partial charge in [-0.3, -0.25) is 0 Å². The Labute approximate surface area is 204 Å². The van der Waals surface area contributed by atoms with Crippen molar-refractivity contribution in [3.8, 4) is 0 Å². The molecule has 0 spiro atoms. The van der Waals surface area contributed by atoms with E-state index in [4.69, 9.17) is 14.2 Å². The molecule has 1 aromatic rings. The minimum Gasteiger partial charge on any atom is -0.459 e. The summed E-state index contributed by atoms with van der Waals surface area (Å²) >= 11 is 3.64. The second-order valence-corrected chi connectivity index (χ2v) is 11.5. The summed E-state index contributed by atoms with van der Waals surface area (Å²) in [6.07, 6.45) is 5.63. The zero-order chi connectivity index (χ0) is 23.4. The summed E-state index contributed by atoms with van der Waals surface area (Å²) in [5.41, 5.74) is 2.64. The van der Waals surface area contributed by atoms with Crippen molar-refractivity contribution in [2.75, 3.05) is 13.2 Å². The molecule has 0 aromatic heterocycles. The SMILES string of the molecule is C=C1CC[C@H]2[C@@](C)(CCC3OC(c4ccccc4Br)OC[C@]32C)[C@@H]1C/C=C1/C(=O)OC[C@H]1O. The fourth-order valence-corrected chi connectivity index (χ4v) is 7.50. The number of fused-ring (bicyclic) bond motifs is 3. The lowest BCUT2D eigenvalue weighted by Gasteiger charge is -2.62. The third kappa shape index (κ3) is 3.83. The molecule has 2 unspecified atom stereocenters. The molecule has 5 rings (SSSR count). The van der Waals surface area contributed by atoms with Gasteiger partial charge in [-0.1, -0.05) is 66.2 Å². The molecule has 7 atom stereocenters. The molecule has 2 saturated carbocycles. The molecule has 0 radical (unpaired) electrons. The highest BCUT2D eigenvalue weighted by Gasteiger charge is 2.60. The number of rotatable bonds is 3. The smallest absolute Gasteiger partial charge is 0.336 e. The average Bonchev–Trinajstić information content (AvgIpc) is 3.10. The summed E-state index contributed by atoms with van der Waals surface area (Å²) in [5, 5.41) is 10.1. The first kappa shape index (κ1) is 23.3. The summed E-state index contributed by atoms with van der Waals surface area (Å²) in [6, 6.07) is 8.10. The Morgan fingerprint density at radius 3 is 2.76 bits per heavy atom. The number of carbonyl (C=O) groups excluding carboxylic acids is 1.